The highest BCUT2D eigenvalue weighted by molar-refractivity contribution is 6.02. The zero-order valence-electron chi connectivity index (χ0n) is 12.8. The van der Waals surface area contributed by atoms with Crippen molar-refractivity contribution in [3.63, 3.8) is 0 Å². The van der Waals surface area contributed by atoms with Gasteiger partial charge in [-0.25, -0.2) is 0 Å². The van der Waals surface area contributed by atoms with Crippen LogP contribution in [-0.2, 0) is 0 Å². The Hall–Kier alpha value is -2.87. The molecule has 2 heteroatoms. The summed E-state index contributed by atoms with van der Waals surface area (Å²) in [6, 6.07) is 29.9. The van der Waals surface area contributed by atoms with Gasteiger partial charge in [-0.15, -0.1) is 0 Å². The highest BCUT2D eigenvalue weighted by Gasteiger charge is 2.20. The van der Waals surface area contributed by atoms with E-state index in [-0.39, 0.29) is 6.04 Å². The Bertz CT molecular complexity index is 805. The highest BCUT2D eigenvalue weighted by Crippen LogP contribution is 2.26. The van der Waals surface area contributed by atoms with Crippen LogP contribution in [-0.4, -0.2) is 5.71 Å². The first-order chi connectivity index (χ1) is 11.4. The van der Waals surface area contributed by atoms with Gasteiger partial charge in [-0.1, -0.05) is 84.9 Å². The fourth-order valence-corrected chi connectivity index (χ4v) is 2.99. The Kier molecular flexibility index (Phi) is 3.65. The molecule has 1 aliphatic heterocycles. The van der Waals surface area contributed by atoms with E-state index in [2.05, 4.69) is 83.3 Å². The molecular formula is C21H18N2. The van der Waals surface area contributed by atoms with E-state index in [0.29, 0.717) is 0 Å². The van der Waals surface area contributed by atoms with E-state index in [1.165, 1.54) is 22.3 Å². The molecule has 0 spiro atoms. The zero-order valence-corrected chi connectivity index (χ0v) is 12.8. The lowest BCUT2D eigenvalue weighted by molar-refractivity contribution is 0.620. The summed E-state index contributed by atoms with van der Waals surface area (Å²) in [6.45, 7) is 0. The standard InChI is InChI=1S/C21H18N2/c1-3-7-16(8-4-1)17-11-13-19(14-12-17)21-15-20(22-23-21)18-9-5-2-6-10-18/h1-14,20,22H,15H2. The van der Waals surface area contributed by atoms with Crippen LogP contribution < -0.4 is 5.43 Å². The Morgan fingerprint density at radius 2 is 1.22 bits per heavy atom. The SMILES string of the molecule is c1ccc(-c2ccc(C3=NNC(c4ccccc4)C3)cc2)cc1. The van der Waals surface area contributed by atoms with Gasteiger partial charge in [0.15, 0.2) is 0 Å². The third-order valence-corrected chi connectivity index (χ3v) is 4.28. The van der Waals surface area contributed by atoms with Gasteiger partial charge in [0, 0.05) is 6.42 Å². The van der Waals surface area contributed by atoms with Crippen LogP contribution in [0.4, 0.5) is 0 Å². The fraction of sp³-hybridized carbons (Fsp3) is 0.0952. The molecule has 0 fully saturated rings. The minimum absolute atomic E-state index is 0.278. The van der Waals surface area contributed by atoms with Gasteiger partial charge in [-0.05, 0) is 22.3 Å². The van der Waals surface area contributed by atoms with Crippen molar-refractivity contribution in [1.29, 1.82) is 0 Å². The van der Waals surface area contributed by atoms with Crippen LogP contribution in [0.25, 0.3) is 11.1 Å². The van der Waals surface area contributed by atoms with E-state index < -0.39 is 0 Å². The number of hydrogen-bond donors (Lipinski definition) is 1. The van der Waals surface area contributed by atoms with Crippen LogP contribution in [0.5, 0.6) is 0 Å². The minimum Gasteiger partial charge on any atom is -0.302 e. The van der Waals surface area contributed by atoms with Crippen LogP contribution in [0, 0.1) is 0 Å². The summed E-state index contributed by atoms with van der Waals surface area (Å²) in [4.78, 5) is 0. The summed E-state index contributed by atoms with van der Waals surface area (Å²) in [7, 11) is 0. The second-order valence-electron chi connectivity index (χ2n) is 5.80. The maximum Gasteiger partial charge on any atom is 0.0745 e. The van der Waals surface area contributed by atoms with Crippen LogP contribution >= 0.6 is 0 Å². The summed E-state index contributed by atoms with van der Waals surface area (Å²) in [5, 5.41) is 4.53. The van der Waals surface area contributed by atoms with Crippen molar-refractivity contribution < 1.29 is 0 Å². The van der Waals surface area contributed by atoms with Crippen molar-refractivity contribution in [1.82, 2.24) is 5.43 Å². The topological polar surface area (TPSA) is 24.4 Å². The summed E-state index contributed by atoms with van der Waals surface area (Å²) in [5.41, 5.74) is 9.33. The number of rotatable bonds is 3. The van der Waals surface area contributed by atoms with Crippen molar-refractivity contribution in [2.75, 3.05) is 0 Å². The lowest BCUT2D eigenvalue weighted by Crippen LogP contribution is -2.09. The molecule has 0 radical (unpaired) electrons. The largest absolute Gasteiger partial charge is 0.302 e. The third kappa shape index (κ3) is 2.88. The summed E-state index contributed by atoms with van der Waals surface area (Å²) in [6.07, 6.45) is 0.925. The van der Waals surface area contributed by atoms with Gasteiger partial charge in [0.1, 0.15) is 0 Å². The molecule has 4 rings (SSSR count). The van der Waals surface area contributed by atoms with E-state index in [1.807, 2.05) is 12.1 Å². The van der Waals surface area contributed by atoms with E-state index >= 15 is 0 Å². The maximum atomic E-state index is 4.53. The van der Waals surface area contributed by atoms with Gasteiger partial charge < -0.3 is 5.43 Å². The van der Waals surface area contributed by atoms with Gasteiger partial charge in [-0.3, -0.25) is 0 Å². The molecule has 0 bridgehead atoms. The molecule has 0 aromatic heterocycles. The second kappa shape index (κ2) is 6.09. The summed E-state index contributed by atoms with van der Waals surface area (Å²) in [5.74, 6) is 0. The van der Waals surface area contributed by atoms with E-state index in [0.717, 1.165) is 12.1 Å². The van der Waals surface area contributed by atoms with Crippen LogP contribution in [0.3, 0.4) is 0 Å². The molecule has 0 saturated carbocycles. The number of hydrogen-bond acceptors (Lipinski definition) is 2. The number of nitrogens with one attached hydrogen (secondary N) is 1. The molecule has 3 aromatic rings. The monoisotopic (exact) mass is 298 g/mol. The van der Waals surface area contributed by atoms with Crippen LogP contribution in [0.15, 0.2) is 90.0 Å². The van der Waals surface area contributed by atoms with Gasteiger partial charge >= 0.3 is 0 Å². The molecule has 1 unspecified atom stereocenters. The van der Waals surface area contributed by atoms with Crippen LogP contribution in [0.1, 0.15) is 23.6 Å². The minimum atomic E-state index is 0.278. The number of hydrazone groups is 1. The molecule has 0 saturated heterocycles. The first-order valence-electron chi connectivity index (χ1n) is 7.93. The molecule has 1 atom stereocenters. The van der Waals surface area contributed by atoms with E-state index in [1.54, 1.807) is 0 Å². The predicted octanol–water partition coefficient (Wildman–Crippen LogP) is 4.79. The van der Waals surface area contributed by atoms with Gasteiger partial charge in [-0.2, -0.15) is 5.10 Å². The fourth-order valence-electron chi connectivity index (χ4n) is 2.99. The molecule has 0 aliphatic carbocycles. The lowest BCUT2D eigenvalue weighted by Gasteiger charge is -2.09. The second-order valence-corrected chi connectivity index (χ2v) is 5.80. The molecule has 1 N–H and O–H groups in total. The van der Waals surface area contributed by atoms with E-state index in [4.69, 9.17) is 0 Å². The van der Waals surface area contributed by atoms with Gasteiger partial charge in [0.25, 0.3) is 0 Å². The van der Waals surface area contributed by atoms with Crippen molar-refractivity contribution in [2.24, 2.45) is 5.10 Å². The zero-order chi connectivity index (χ0) is 15.5. The quantitative estimate of drug-likeness (QED) is 0.738. The summed E-state index contributed by atoms with van der Waals surface area (Å²) >= 11 is 0. The maximum absolute atomic E-state index is 4.53. The normalized spacial score (nSPS) is 16.7. The first-order valence-corrected chi connectivity index (χ1v) is 7.93. The Morgan fingerprint density at radius 1 is 0.652 bits per heavy atom. The summed E-state index contributed by atoms with van der Waals surface area (Å²) < 4.78 is 0. The molecular weight excluding hydrogens is 280 g/mol. The Balaban J connectivity index is 1.51. The Labute approximate surface area is 136 Å². The van der Waals surface area contributed by atoms with Crippen molar-refractivity contribution in [3.05, 3.63) is 96.1 Å². The van der Waals surface area contributed by atoms with Gasteiger partial charge in [0.2, 0.25) is 0 Å². The first kappa shape index (κ1) is 13.8. The molecule has 2 nitrogen and oxygen atoms in total. The number of benzene rings is 3. The van der Waals surface area contributed by atoms with Crippen LogP contribution in [0.2, 0.25) is 0 Å². The highest BCUT2D eigenvalue weighted by atomic mass is 15.3. The molecule has 1 heterocycles. The lowest BCUT2D eigenvalue weighted by atomic mass is 9.97. The molecule has 1 aliphatic rings. The van der Waals surface area contributed by atoms with Crippen molar-refractivity contribution >= 4 is 5.71 Å². The average Bonchev–Trinajstić information content (AvgIpc) is 3.14. The molecule has 23 heavy (non-hydrogen) atoms. The molecule has 0 amide bonds. The average molecular weight is 298 g/mol. The number of nitrogens with zero attached hydrogens (tertiary/aromatic N) is 1. The molecule has 3 aromatic carbocycles. The van der Waals surface area contributed by atoms with Crippen molar-refractivity contribution in [3.8, 4) is 11.1 Å². The van der Waals surface area contributed by atoms with Gasteiger partial charge in [0.05, 0.1) is 11.8 Å². The predicted molar refractivity (Wildman–Crippen MR) is 95.4 cm³/mol. The van der Waals surface area contributed by atoms with E-state index in [9.17, 15) is 0 Å². The molecule has 112 valence electrons. The van der Waals surface area contributed by atoms with Crippen molar-refractivity contribution in [2.45, 2.75) is 12.5 Å². The smallest absolute Gasteiger partial charge is 0.0745 e. The third-order valence-electron chi connectivity index (χ3n) is 4.28. The Morgan fingerprint density at radius 3 is 1.91 bits per heavy atom.